The fourth-order valence-electron chi connectivity index (χ4n) is 4.78. The van der Waals surface area contributed by atoms with E-state index in [0.717, 1.165) is 23.7 Å². The third kappa shape index (κ3) is 1.85. The Morgan fingerprint density at radius 3 is 1.27 bits per heavy atom. The van der Waals surface area contributed by atoms with Crippen molar-refractivity contribution in [2.75, 3.05) is 0 Å². The summed E-state index contributed by atoms with van der Waals surface area (Å²) < 4.78 is 0. The van der Waals surface area contributed by atoms with Crippen molar-refractivity contribution < 1.29 is 0 Å². The van der Waals surface area contributed by atoms with Gasteiger partial charge >= 0.3 is 0 Å². The first-order valence-electron chi connectivity index (χ1n) is 6.71. The lowest BCUT2D eigenvalue weighted by molar-refractivity contribution is 0.0245. The van der Waals surface area contributed by atoms with Crippen LogP contribution in [0.3, 0.4) is 0 Å². The molecule has 2 rings (SSSR count). The molecular weight excluding hydrogens is 180 g/mol. The number of hydrogen-bond acceptors (Lipinski definition) is 0. The third-order valence-corrected chi connectivity index (χ3v) is 4.92. The summed E-state index contributed by atoms with van der Waals surface area (Å²) in [4.78, 5) is 0. The predicted octanol–water partition coefficient (Wildman–Crippen LogP) is 4.74. The first-order chi connectivity index (χ1) is 6.71. The Balaban J connectivity index is 2.28. The highest BCUT2D eigenvalue weighted by atomic mass is 14.6. The molecule has 2 saturated carbocycles. The molecule has 2 aliphatic rings. The standard InChI is InChI=1S/C15H28/c1-14(2,3)12-10-7-8-11(9-10)13(12)15(4,5)6/h10-13H,7-9H2,1-6H3/t10-,11+,12?,13?. The van der Waals surface area contributed by atoms with Crippen molar-refractivity contribution in [3.8, 4) is 0 Å². The summed E-state index contributed by atoms with van der Waals surface area (Å²) in [6.07, 6.45) is 4.56. The molecule has 2 fully saturated rings. The Kier molecular flexibility index (Phi) is 2.48. The fourth-order valence-corrected chi connectivity index (χ4v) is 4.78. The fraction of sp³-hybridized carbons (Fsp3) is 1.00. The van der Waals surface area contributed by atoms with E-state index in [9.17, 15) is 0 Å². The van der Waals surface area contributed by atoms with Crippen molar-refractivity contribution in [3.05, 3.63) is 0 Å². The SMILES string of the molecule is CC(C)(C)C1C(C(C)(C)C)[C@H]2CC[C@@H]1C2. The van der Waals surface area contributed by atoms with Crippen molar-refractivity contribution in [2.45, 2.75) is 60.8 Å². The first kappa shape index (κ1) is 11.5. The van der Waals surface area contributed by atoms with Crippen LogP contribution in [0.4, 0.5) is 0 Å². The lowest BCUT2D eigenvalue weighted by Gasteiger charge is -2.46. The van der Waals surface area contributed by atoms with Crippen molar-refractivity contribution in [1.29, 1.82) is 0 Å². The van der Waals surface area contributed by atoms with Crippen LogP contribution in [0.25, 0.3) is 0 Å². The molecule has 0 aliphatic heterocycles. The van der Waals surface area contributed by atoms with E-state index in [1.54, 1.807) is 0 Å². The molecule has 88 valence electrons. The molecule has 0 spiro atoms. The third-order valence-electron chi connectivity index (χ3n) is 4.92. The maximum absolute atomic E-state index is 2.46. The number of hydrogen-bond donors (Lipinski definition) is 0. The Morgan fingerprint density at radius 1 is 0.667 bits per heavy atom. The zero-order chi connectivity index (χ0) is 11.4. The topological polar surface area (TPSA) is 0 Å². The molecule has 0 aromatic heterocycles. The highest BCUT2D eigenvalue weighted by molar-refractivity contribution is 5.03. The molecule has 0 amide bonds. The van der Waals surface area contributed by atoms with E-state index in [1.165, 1.54) is 19.3 Å². The minimum Gasteiger partial charge on any atom is -0.0599 e. The lowest BCUT2D eigenvalue weighted by atomic mass is 9.59. The molecule has 0 radical (unpaired) electrons. The quantitative estimate of drug-likeness (QED) is 0.539. The number of fused-ring (bicyclic) bond motifs is 2. The molecule has 0 aromatic rings. The van der Waals surface area contributed by atoms with E-state index in [0.29, 0.717) is 10.8 Å². The number of rotatable bonds is 0. The molecule has 0 saturated heterocycles. The van der Waals surface area contributed by atoms with E-state index >= 15 is 0 Å². The summed E-state index contributed by atoms with van der Waals surface area (Å²) in [5.41, 5.74) is 1.02. The summed E-state index contributed by atoms with van der Waals surface area (Å²) in [7, 11) is 0. The van der Waals surface area contributed by atoms with Gasteiger partial charge in [0.25, 0.3) is 0 Å². The average molecular weight is 208 g/mol. The molecule has 15 heavy (non-hydrogen) atoms. The van der Waals surface area contributed by atoms with Crippen molar-refractivity contribution in [2.24, 2.45) is 34.5 Å². The molecule has 0 heterocycles. The van der Waals surface area contributed by atoms with Crippen LogP contribution >= 0.6 is 0 Å². The second-order valence-electron chi connectivity index (χ2n) is 8.12. The van der Waals surface area contributed by atoms with Gasteiger partial charge in [0.2, 0.25) is 0 Å². The maximum Gasteiger partial charge on any atom is -0.0301 e. The van der Waals surface area contributed by atoms with Crippen LogP contribution in [0.5, 0.6) is 0 Å². The minimum absolute atomic E-state index is 0.512. The minimum atomic E-state index is 0.512. The van der Waals surface area contributed by atoms with Crippen LogP contribution in [0, 0.1) is 34.5 Å². The second kappa shape index (κ2) is 3.25. The van der Waals surface area contributed by atoms with Crippen LogP contribution in [-0.4, -0.2) is 0 Å². The highest BCUT2D eigenvalue weighted by Gasteiger charge is 2.54. The van der Waals surface area contributed by atoms with Gasteiger partial charge in [-0.1, -0.05) is 41.5 Å². The van der Waals surface area contributed by atoms with Crippen LogP contribution in [0.15, 0.2) is 0 Å². The molecule has 2 aliphatic carbocycles. The first-order valence-corrected chi connectivity index (χ1v) is 6.71. The van der Waals surface area contributed by atoms with Gasteiger partial charge in [0.1, 0.15) is 0 Å². The van der Waals surface area contributed by atoms with Crippen LogP contribution in [0.1, 0.15) is 60.8 Å². The van der Waals surface area contributed by atoms with Crippen molar-refractivity contribution >= 4 is 0 Å². The molecular formula is C15H28. The molecule has 0 N–H and O–H groups in total. The molecule has 0 heteroatoms. The molecule has 0 nitrogen and oxygen atoms in total. The van der Waals surface area contributed by atoms with Gasteiger partial charge in [-0.25, -0.2) is 0 Å². The van der Waals surface area contributed by atoms with Crippen molar-refractivity contribution in [3.63, 3.8) is 0 Å². The summed E-state index contributed by atoms with van der Waals surface area (Å²) >= 11 is 0. The molecule has 2 bridgehead atoms. The van der Waals surface area contributed by atoms with Gasteiger partial charge in [-0.05, 0) is 53.8 Å². The van der Waals surface area contributed by atoms with Crippen LogP contribution < -0.4 is 0 Å². The Morgan fingerprint density at radius 2 is 1.00 bits per heavy atom. The van der Waals surface area contributed by atoms with E-state index in [1.807, 2.05) is 0 Å². The maximum atomic E-state index is 2.46. The Bertz CT molecular complexity index is 212. The van der Waals surface area contributed by atoms with Gasteiger partial charge in [0.05, 0.1) is 0 Å². The van der Waals surface area contributed by atoms with Crippen molar-refractivity contribution in [1.82, 2.24) is 0 Å². The Labute approximate surface area is 95.8 Å². The predicted molar refractivity (Wildman–Crippen MR) is 66.7 cm³/mol. The monoisotopic (exact) mass is 208 g/mol. The summed E-state index contributed by atoms with van der Waals surface area (Å²) in [6, 6.07) is 0. The summed E-state index contributed by atoms with van der Waals surface area (Å²) in [6.45, 7) is 14.7. The second-order valence-corrected chi connectivity index (χ2v) is 8.12. The summed E-state index contributed by atoms with van der Waals surface area (Å²) in [5, 5.41) is 0. The largest absolute Gasteiger partial charge is 0.0599 e. The van der Waals surface area contributed by atoms with Gasteiger partial charge in [0, 0.05) is 0 Å². The lowest BCUT2D eigenvalue weighted by Crippen LogP contribution is -2.39. The smallest absolute Gasteiger partial charge is 0.0301 e. The van der Waals surface area contributed by atoms with Gasteiger partial charge in [-0.3, -0.25) is 0 Å². The normalized spacial score (nSPS) is 41.2. The highest BCUT2D eigenvalue weighted by Crippen LogP contribution is 2.62. The van der Waals surface area contributed by atoms with Gasteiger partial charge < -0.3 is 0 Å². The molecule has 4 atom stereocenters. The summed E-state index contributed by atoms with van der Waals surface area (Å²) in [5.74, 6) is 4.02. The van der Waals surface area contributed by atoms with Gasteiger partial charge in [0.15, 0.2) is 0 Å². The van der Waals surface area contributed by atoms with E-state index in [2.05, 4.69) is 41.5 Å². The van der Waals surface area contributed by atoms with Gasteiger partial charge in [-0.2, -0.15) is 0 Å². The van der Waals surface area contributed by atoms with Crippen LogP contribution in [-0.2, 0) is 0 Å². The molecule has 2 unspecified atom stereocenters. The van der Waals surface area contributed by atoms with E-state index in [-0.39, 0.29) is 0 Å². The zero-order valence-corrected chi connectivity index (χ0v) is 11.4. The Hall–Kier alpha value is 0. The van der Waals surface area contributed by atoms with Gasteiger partial charge in [-0.15, -0.1) is 0 Å². The molecule has 0 aromatic carbocycles. The average Bonchev–Trinajstić information content (AvgIpc) is 2.56. The van der Waals surface area contributed by atoms with E-state index < -0.39 is 0 Å². The van der Waals surface area contributed by atoms with Crippen LogP contribution in [0.2, 0.25) is 0 Å². The van der Waals surface area contributed by atoms with E-state index in [4.69, 9.17) is 0 Å². The zero-order valence-electron chi connectivity index (χ0n) is 11.4.